The van der Waals surface area contributed by atoms with Gasteiger partial charge in [0.15, 0.2) is 0 Å². The minimum Gasteiger partial charge on any atom is -0.497 e. The van der Waals surface area contributed by atoms with E-state index < -0.39 is 11.7 Å². The van der Waals surface area contributed by atoms with Gasteiger partial charge in [0.1, 0.15) is 11.6 Å². The first-order valence-electron chi connectivity index (χ1n) is 8.81. The third-order valence-corrected chi connectivity index (χ3v) is 4.63. The highest BCUT2D eigenvalue weighted by Gasteiger charge is 2.17. The van der Waals surface area contributed by atoms with E-state index in [0.29, 0.717) is 12.3 Å². The molecule has 26 heavy (non-hydrogen) atoms. The molecular weight excluding hydrogens is 333 g/mol. The van der Waals surface area contributed by atoms with Crippen LogP contribution in [0.2, 0.25) is 0 Å². The van der Waals surface area contributed by atoms with E-state index in [1.165, 1.54) is 24.9 Å². The Labute approximate surface area is 153 Å². The van der Waals surface area contributed by atoms with E-state index in [1.54, 1.807) is 6.07 Å². The Morgan fingerprint density at radius 1 is 1.12 bits per heavy atom. The molecule has 2 aromatic rings. The molecule has 0 aromatic heterocycles. The number of methoxy groups -OCH3 is 1. The average Bonchev–Trinajstić information content (AvgIpc) is 2.69. The SMILES string of the molecule is COc1ccc(C(=O)NCCN2CCN(c3ccccc3)CC2)c(F)c1. The van der Waals surface area contributed by atoms with Crippen molar-refractivity contribution in [1.82, 2.24) is 10.2 Å². The standard InChI is InChI=1S/C20H24FN3O2/c1-26-17-7-8-18(19(21)15-17)20(25)22-9-10-23-11-13-24(14-12-23)16-5-3-2-4-6-16/h2-8,15H,9-14H2,1H3,(H,22,25). The smallest absolute Gasteiger partial charge is 0.254 e. The van der Waals surface area contributed by atoms with Gasteiger partial charge in [-0.1, -0.05) is 18.2 Å². The highest BCUT2D eigenvalue weighted by atomic mass is 19.1. The van der Waals surface area contributed by atoms with Crippen molar-refractivity contribution in [2.75, 3.05) is 51.3 Å². The summed E-state index contributed by atoms with van der Waals surface area (Å²) in [5, 5.41) is 2.79. The second kappa shape index (κ2) is 8.67. The van der Waals surface area contributed by atoms with E-state index in [-0.39, 0.29) is 5.56 Å². The molecule has 0 aliphatic carbocycles. The quantitative estimate of drug-likeness (QED) is 0.862. The molecule has 1 N–H and O–H groups in total. The molecule has 0 spiro atoms. The highest BCUT2D eigenvalue weighted by molar-refractivity contribution is 5.94. The van der Waals surface area contributed by atoms with Crippen LogP contribution >= 0.6 is 0 Å². The number of carbonyl (C=O) groups is 1. The van der Waals surface area contributed by atoms with Gasteiger partial charge in [0.25, 0.3) is 5.91 Å². The van der Waals surface area contributed by atoms with E-state index in [9.17, 15) is 9.18 Å². The predicted molar refractivity (Wildman–Crippen MR) is 100 cm³/mol. The minimum atomic E-state index is -0.571. The topological polar surface area (TPSA) is 44.8 Å². The van der Waals surface area contributed by atoms with Crippen LogP contribution in [0.4, 0.5) is 10.1 Å². The number of nitrogens with zero attached hydrogens (tertiary/aromatic N) is 2. The molecule has 138 valence electrons. The first-order chi connectivity index (χ1) is 12.7. The van der Waals surface area contributed by atoms with Gasteiger partial charge >= 0.3 is 0 Å². The van der Waals surface area contributed by atoms with Gasteiger partial charge in [-0.15, -0.1) is 0 Å². The Kier molecular flexibility index (Phi) is 6.07. The van der Waals surface area contributed by atoms with Crippen LogP contribution in [0.3, 0.4) is 0 Å². The van der Waals surface area contributed by atoms with Crippen molar-refractivity contribution in [2.45, 2.75) is 0 Å². The number of nitrogens with one attached hydrogen (secondary N) is 1. The van der Waals surface area contributed by atoms with Crippen LogP contribution < -0.4 is 15.0 Å². The number of rotatable bonds is 6. The molecule has 0 atom stereocenters. The molecule has 0 radical (unpaired) electrons. The normalized spacial score (nSPS) is 14.9. The number of halogens is 1. The molecule has 1 saturated heterocycles. The Morgan fingerprint density at radius 3 is 2.50 bits per heavy atom. The monoisotopic (exact) mass is 357 g/mol. The maximum absolute atomic E-state index is 13.9. The first kappa shape index (κ1) is 18.2. The Hall–Kier alpha value is -2.60. The number of piperazine rings is 1. The van der Waals surface area contributed by atoms with E-state index in [2.05, 4.69) is 39.4 Å². The van der Waals surface area contributed by atoms with Crippen LogP contribution in [0.5, 0.6) is 5.75 Å². The summed E-state index contributed by atoms with van der Waals surface area (Å²) in [5.74, 6) is -0.568. The van der Waals surface area contributed by atoms with Crippen LogP contribution in [-0.4, -0.2) is 57.2 Å². The van der Waals surface area contributed by atoms with Gasteiger partial charge in [0.05, 0.1) is 12.7 Å². The van der Waals surface area contributed by atoms with Gasteiger partial charge in [0, 0.05) is 51.0 Å². The van der Waals surface area contributed by atoms with E-state index in [0.717, 1.165) is 32.7 Å². The van der Waals surface area contributed by atoms with Crippen molar-refractivity contribution >= 4 is 11.6 Å². The van der Waals surface area contributed by atoms with E-state index >= 15 is 0 Å². The van der Waals surface area contributed by atoms with Gasteiger partial charge in [-0.3, -0.25) is 9.69 Å². The molecular formula is C20H24FN3O2. The lowest BCUT2D eigenvalue weighted by atomic mass is 10.2. The van der Waals surface area contributed by atoms with Gasteiger partial charge in [-0.05, 0) is 24.3 Å². The van der Waals surface area contributed by atoms with Crippen LogP contribution in [0.15, 0.2) is 48.5 Å². The number of hydrogen-bond acceptors (Lipinski definition) is 4. The first-order valence-corrected chi connectivity index (χ1v) is 8.81. The summed E-state index contributed by atoms with van der Waals surface area (Å²) in [4.78, 5) is 16.8. The summed E-state index contributed by atoms with van der Waals surface area (Å²) < 4.78 is 18.9. The number of ether oxygens (including phenoxy) is 1. The molecule has 3 rings (SSSR count). The largest absolute Gasteiger partial charge is 0.497 e. The molecule has 0 bridgehead atoms. The zero-order valence-corrected chi connectivity index (χ0v) is 15.0. The molecule has 5 nitrogen and oxygen atoms in total. The van der Waals surface area contributed by atoms with Crippen LogP contribution in [-0.2, 0) is 0 Å². The fraction of sp³-hybridized carbons (Fsp3) is 0.350. The van der Waals surface area contributed by atoms with Crippen molar-refractivity contribution in [2.24, 2.45) is 0 Å². The maximum Gasteiger partial charge on any atom is 0.254 e. The summed E-state index contributed by atoms with van der Waals surface area (Å²) >= 11 is 0. The summed E-state index contributed by atoms with van der Waals surface area (Å²) in [7, 11) is 1.46. The van der Waals surface area contributed by atoms with Crippen LogP contribution in [0.25, 0.3) is 0 Å². The lowest BCUT2D eigenvalue weighted by Crippen LogP contribution is -2.48. The molecule has 1 amide bonds. The molecule has 1 heterocycles. The van der Waals surface area contributed by atoms with Crippen molar-refractivity contribution in [3.05, 3.63) is 59.9 Å². The summed E-state index contributed by atoms with van der Waals surface area (Å²) in [5.41, 5.74) is 1.29. The van der Waals surface area contributed by atoms with E-state index in [1.807, 2.05) is 6.07 Å². The fourth-order valence-electron chi connectivity index (χ4n) is 3.10. The molecule has 2 aromatic carbocycles. The predicted octanol–water partition coefficient (Wildman–Crippen LogP) is 2.39. The highest BCUT2D eigenvalue weighted by Crippen LogP contribution is 2.17. The fourth-order valence-corrected chi connectivity index (χ4v) is 3.10. The minimum absolute atomic E-state index is 0.0414. The maximum atomic E-state index is 13.9. The number of anilines is 1. The van der Waals surface area contributed by atoms with Crippen molar-refractivity contribution in [3.63, 3.8) is 0 Å². The molecule has 1 aliphatic rings. The third kappa shape index (κ3) is 4.52. The van der Waals surface area contributed by atoms with Gasteiger partial charge < -0.3 is 15.0 Å². The van der Waals surface area contributed by atoms with E-state index in [4.69, 9.17) is 4.74 Å². The number of amides is 1. The van der Waals surface area contributed by atoms with Gasteiger partial charge in [-0.25, -0.2) is 4.39 Å². The number of benzene rings is 2. The van der Waals surface area contributed by atoms with Crippen LogP contribution in [0, 0.1) is 5.82 Å². The second-order valence-electron chi connectivity index (χ2n) is 6.27. The number of para-hydroxylation sites is 1. The molecule has 0 saturated carbocycles. The van der Waals surface area contributed by atoms with Gasteiger partial charge in [0.2, 0.25) is 0 Å². The number of carbonyl (C=O) groups excluding carboxylic acids is 1. The van der Waals surface area contributed by atoms with Crippen LogP contribution in [0.1, 0.15) is 10.4 Å². The molecule has 6 heteroatoms. The zero-order valence-electron chi connectivity index (χ0n) is 15.0. The lowest BCUT2D eigenvalue weighted by Gasteiger charge is -2.36. The molecule has 1 aliphatic heterocycles. The molecule has 1 fully saturated rings. The average molecular weight is 357 g/mol. The van der Waals surface area contributed by atoms with Crippen molar-refractivity contribution in [1.29, 1.82) is 0 Å². The zero-order chi connectivity index (χ0) is 18.4. The Bertz CT molecular complexity index is 731. The summed E-state index contributed by atoms with van der Waals surface area (Å²) in [6, 6.07) is 14.6. The van der Waals surface area contributed by atoms with Crippen molar-refractivity contribution < 1.29 is 13.9 Å². The number of hydrogen-bond donors (Lipinski definition) is 1. The summed E-state index contributed by atoms with van der Waals surface area (Å²) in [6.45, 7) is 5.07. The molecule has 0 unspecified atom stereocenters. The van der Waals surface area contributed by atoms with Gasteiger partial charge in [-0.2, -0.15) is 0 Å². The Balaban J connectivity index is 1.42. The summed E-state index contributed by atoms with van der Waals surface area (Å²) in [6.07, 6.45) is 0. The Morgan fingerprint density at radius 2 is 1.85 bits per heavy atom. The second-order valence-corrected chi connectivity index (χ2v) is 6.27. The third-order valence-electron chi connectivity index (χ3n) is 4.63. The lowest BCUT2D eigenvalue weighted by molar-refractivity contribution is 0.0943. The van der Waals surface area contributed by atoms with Crippen molar-refractivity contribution in [3.8, 4) is 5.75 Å².